The molecule has 0 spiro atoms. The van der Waals surface area contributed by atoms with E-state index in [1.807, 2.05) is 0 Å². The summed E-state index contributed by atoms with van der Waals surface area (Å²) in [6.07, 6.45) is 5.39. The highest BCUT2D eigenvalue weighted by Gasteiger charge is 2.51. The summed E-state index contributed by atoms with van der Waals surface area (Å²) in [6, 6.07) is 0. The summed E-state index contributed by atoms with van der Waals surface area (Å²) in [6.45, 7) is 8.87. The molecule has 0 amide bonds. The quantitative estimate of drug-likeness (QED) is 0.740. The summed E-state index contributed by atoms with van der Waals surface area (Å²) in [7, 11) is 0. The Balaban J connectivity index is 2.40. The Bertz CT molecular complexity index is 360. The Hall–Kier alpha value is -0.340. The number of rotatable bonds is 2. The van der Waals surface area contributed by atoms with Crippen LogP contribution in [-0.4, -0.2) is 22.9 Å². The van der Waals surface area contributed by atoms with Crippen LogP contribution >= 0.6 is 0 Å². The van der Waals surface area contributed by atoms with E-state index < -0.39 is 0 Å². The second kappa shape index (κ2) is 4.64. The van der Waals surface area contributed by atoms with Crippen molar-refractivity contribution in [1.82, 2.24) is 0 Å². The molecule has 0 aliphatic heterocycles. The lowest BCUT2D eigenvalue weighted by Crippen LogP contribution is -2.50. The van der Waals surface area contributed by atoms with Gasteiger partial charge in [-0.25, -0.2) is 0 Å². The maximum atomic E-state index is 10.9. The van der Waals surface area contributed by atoms with Gasteiger partial charge in [0.2, 0.25) is 0 Å². The summed E-state index contributed by atoms with van der Waals surface area (Å²) < 4.78 is 0. The van der Waals surface area contributed by atoms with Crippen LogP contribution < -0.4 is 0 Å². The molecule has 0 unspecified atom stereocenters. The van der Waals surface area contributed by atoms with Gasteiger partial charge in [-0.3, -0.25) is 0 Å². The third-order valence-electron chi connectivity index (χ3n) is 5.90. The van der Waals surface area contributed by atoms with Gasteiger partial charge in [-0.2, -0.15) is 0 Å². The van der Waals surface area contributed by atoms with Gasteiger partial charge >= 0.3 is 0 Å². The standard InChI is InChI=1S/C16H28O2/c1-11-6-5-7-15(3)8-9-16(4,12(2)10-17)14(18)13(11)15/h12,14,17-18H,5-10H2,1-4H3/t12-,14-,15+,16-/m0/s1. The topological polar surface area (TPSA) is 40.5 Å². The van der Waals surface area contributed by atoms with Crippen LogP contribution in [0, 0.1) is 16.7 Å². The first-order chi connectivity index (χ1) is 8.35. The van der Waals surface area contributed by atoms with Gasteiger partial charge in [-0.05, 0) is 55.9 Å². The van der Waals surface area contributed by atoms with Crippen LogP contribution in [0.5, 0.6) is 0 Å². The highest BCUT2D eigenvalue weighted by Crippen LogP contribution is 2.56. The van der Waals surface area contributed by atoms with Crippen molar-refractivity contribution in [2.45, 2.75) is 65.9 Å². The maximum absolute atomic E-state index is 10.9. The van der Waals surface area contributed by atoms with Gasteiger partial charge in [0.25, 0.3) is 0 Å². The minimum Gasteiger partial charge on any atom is -0.396 e. The van der Waals surface area contributed by atoms with Crippen molar-refractivity contribution in [3.05, 3.63) is 11.1 Å². The smallest absolute Gasteiger partial charge is 0.0814 e. The highest BCUT2D eigenvalue weighted by molar-refractivity contribution is 5.31. The van der Waals surface area contributed by atoms with E-state index >= 15 is 0 Å². The highest BCUT2D eigenvalue weighted by atomic mass is 16.3. The Morgan fingerprint density at radius 2 is 1.94 bits per heavy atom. The molecular weight excluding hydrogens is 224 g/mol. The van der Waals surface area contributed by atoms with Gasteiger partial charge in [-0.15, -0.1) is 0 Å². The van der Waals surface area contributed by atoms with Crippen molar-refractivity contribution in [3.63, 3.8) is 0 Å². The van der Waals surface area contributed by atoms with Crippen molar-refractivity contribution >= 4 is 0 Å². The van der Waals surface area contributed by atoms with Gasteiger partial charge in [0.1, 0.15) is 0 Å². The molecule has 1 saturated carbocycles. The summed E-state index contributed by atoms with van der Waals surface area (Å²) in [5, 5.41) is 20.4. The third-order valence-corrected chi connectivity index (χ3v) is 5.90. The fraction of sp³-hybridized carbons (Fsp3) is 0.875. The molecule has 18 heavy (non-hydrogen) atoms. The average molecular weight is 252 g/mol. The van der Waals surface area contributed by atoms with Crippen LogP contribution in [0.2, 0.25) is 0 Å². The molecule has 104 valence electrons. The second-order valence-corrected chi connectivity index (χ2v) is 7.10. The zero-order chi connectivity index (χ0) is 13.6. The predicted molar refractivity (Wildman–Crippen MR) is 74.3 cm³/mol. The van der Waals surface area contributed by atoms with Gasteiger partial charge < -0.3 is 10.2 Å². The van der Waals surface area contributed by atoms with Gasteiger partial charge in [-0.1, -0.05) is 26.3 Å². The van der Waals surface area contributed by atoms with Gasteiger partial charge in [0, 0.05) is 12.0 Å². The van der Waals surface area contributed by atoms with Crippen molar-refractivity contribution in [3.8, 4) is 0 Å². The largest absolute Gasteiger partial charge is 0.396 e. The van der Waals surface area contributed by atoms with Crippen LogP contribution in [0.1, 0.15) is 59.8 Å². The monoisotopic (exact) mass is 252 g/mol. The number of fused-ring (bicyclic) bond motifs is 1. The van der Waals surface area contributed by atoms with E-state index in [-0.39, 0.29) is 29.5 Å². The molecule has 0 heterocycles. The first-order valence-corrected chi connectivity index (χ1v) is 7.34. The molecule has 2 N–H and O–H groups in total. The van der Waals surface area contributed by atoms with Crippen molar-refractivity contribution in [1.29, 1.82) is 0 Å². The lowest BCUT2D eigenvalue weighted by molar-refractivity contribution is -0.0497. The molecule has 0 aromatic rings. The zero-order valence-electron chi connectivity index (χ0n) is 12.3. The van der Waals surface area contributed by atoms with E-state index in [1.54, 1.807) is 0 Å². The average Bonchev–Trinajstić information content (AvgIpc) is 2.33. The first kappa shape index (κ1) is 14.1. The Morgan fingerprint density at radius 3 is 2.56 bits per heavy atom. The van der Waals surface area contributed by atoms with E-state index in [0.717, 1.165) is 19.3 Å². The van der Waals surface area contributed by atoms with E-state index in [4.69, 9.17) is 0 Å². The van der Waals surface area contributed by atoms with Crippen LogP contribution in [0.15, 0.2) is 11.1 Å². The molecule has 1 fully saturated rings. The molecule has 2 rings (SSSR count). The first-order valence-electron chi connectivity index (χ1n) is 7.34. The fourth-order valence-corrected chi connectivity index (χ4v) is 4.09. The normalized spacial score (nSPS) is 42.7. The Kier molecular flexibility index (Phi) is 3.63. The molecule has 0 bridgehead atoms. The summed E-state index contributed by atoms with van der Waals surface area (Å²) in [5.74, 6) is 0.152. The molecular formula is C16H28O2. The van der Waals surface area contributed by atoms with Crippen molar-refractivity contribution < 1.29 is 10.2 Å². The van der Waals surface area contributed by atoms with E-state index in [1.165, 1.54) is 24.0 Å². The molecule has 0 aromatic carbocycles. The van der Waals surface area contributed by atoms with E-state index in [0.29, 0.717) is 0 Å². The van der Waals surface area contributed by atoms with Gasteiger partial charge in [0.15, 0.2) is 0 Å². The Morgan fingerprint density at radius 1 is 1.28 bits per heavy atom. The minimum atomic E-state index is -0.376. The molecule has 2 nitrogen and oxygen atoms in total. The summed E-state index contributed by atoms with van der Waals surface area (Å²) >= 11 is 0. The van der Waals surface area contributed by atoms with Crippen molar-refractivity contribution in [2.24, 2.45) is 16.7 Å². The molecule has 2 heteroatoms. The molecule has 0 saturated heterocycles. The number of hydrogen-bond acceptors (Lipinski definition) is 2. The molecule has 0 radical (unpaired) electrons. The molecule has 0 aromatic heterocycles. The van der Waals surface area contributed by atoms with Crippen LogP contribution in [0.25, 0.3) is 0 Å². The third kappa shape index (κ3) is 1.94. The van der Waals surface area contributed by atoms with E-state index in [9.17, 15) is 10.2 Å². The van der Waals surface area contributed by atoms with Gasteiger partial charge in [0.05, 0.1) is 6.10 Å². The maximum Gasteiger partial charge on any atom is 0.0814 e. The fourth-order valence-electron chi connectivity index (χ4n) is 4.09. The molecule has 2 aliphatic rings. The number of allylic oxidation sites excluding steroid dienone is 1. The second-order valence-electron chi connectivity index (χ2n) is 7.10. The number of aliphatic hydroxyl groups is 2. The van der Waals surface area contributed by atoms with E-state index in [2.05, 4.69) is 27.7 Å². The molecule has 4 atom stereocenters. The van der Waals surface area contributed by atoms with Crippen LogP contribution in [0.3, 0.4) is 0 Å². The Labute approximate surface area is 111 Å². The van der Waals surface area contributed by atoms with Crippen LogP contribution in [-0.2, 0) is 0 Å². The summed E-state index contributed by atoms with van der Waals surface area (Å²) in [4.78, 5) is 0. The SMILES string of the molecule is CC1=C2[C@H](O)[C@](C)([C@@H](C)CO)CC[C@@]2(C)CCC1. The summed E-state index contributed by atoms with van der Waals surface area (Å²) in [5.41, 5.74) is 2.73. The minimum absolute atomic E-state index is 0.152. The van der Waals surface area contributed by atoms with Crippen molar-refractivity contribution in [2.75, 3.05) is 6.61 Å². The molecule has 2 aliphatic carbocycles. The lowest BCUT2D eigenvalue weighted by Gasteiger charge is -2.53. The van der Waals surface area contributed by atoms with Crippen LogP contribution in [0.4, 0.5) is 0 Å². The zero-order valence-corrected chi connectivity index (χ0v) is 12.3. The predicted octanol–water partition coefficient (Wildman–Crippen LogP) is 3.28. The number of aliphatic hydroxyl groups excluding tert-OH is 2. The lowest BCUT2D eigenvalue weighted by atomic mass is 9.53. The number of hydrogen-bond donors (Lipinski definition) is 2.